The predicted molar refractivity (Wildman–Crippen MR) is 147 cm³/mol. The first-order valence-electron chi connectivity index (χ1n) is 12.8. The molecule has 0 unspecified atom stereocenters. The van der Waals surface area contributed by atoms with Gasteiger partial charge in [-0.1, -0.05) is 42.4 Å². The molecule has 202 valence electrons. The summed E-state index contributed by atoms with van der Waals surface area (Å²) in [6, 6.07) is 14.2. The number of benzene rings is 2. The van der Waals surface area contributed by atoms with E-state index in [9.17, 15) is 18.0 Å². The number of aryl methyl sites for hydroxylation is 2. The summed E-state index contributed by atoms with van der Waals surface area (Å²) in [7, 11) is -3.54. The number of amides is 1. The van der Waals surface area contributed by atoms with E-state index < -0.39 is 10.0 Å². The Morgan fingerprint density at radius 2 is 1.76 bits per heavy atom. The largest absolute Gasteiger partial charge is 0.356 e. The molecule has 2 heterocycles. The maximum absolute atomic E-state index is 13.0. The number of ketones is 1. The van der Waals surface area contributed by atoms with Crippen LogP contribution in [0.2, 0.25) is 0 Å². The maximum Gasteiger partial charge on any atom is 0.243 e. The summed E-state index contributed by atoms with van der Waals surface area (Å²) in [6.07, 6.45) is 4.12. The maximum atomic E-state index is 13.0. The van der Waals surface area contributed by atoms with E-state index in [0.29, 0.717) is 43.2 Å². The topological polar surface area (TPSA) is 114 Å². The van der Waals surface area contributed by atoms with Gasteiger partial charge in [0.25, 0.3) is 0 Å². The second kappa shape index (κ2) is 12.7. The van der Waals surface area contributed by atoms with E-state index in [4.69, 9.17) is 0 Å². The van der Waals surface area contributed by atoms with Crippen molar-refractivity contribution in [1.29, 1.82) is 0 Å². The zero-order valence-corrected chi connectivity index (χ0v) is 23.4. The van der Waals surface area contributed by atoms with Gasteiger partial charge in [0.05, 0.1) is 10.6 Å². The number of carbonyl (C=O) groups excluding carboxylic acids is 2. The van der Waals surface area contributed by atoms with Crippen LogP contribution in [0.25, 0.3) is 5.69 Å². The van der Waals surface area contributed by atoms with Crippen molar-refractivity contribution in [3.05, 3.63) is 65.5 Å². The third-order valence-electron chi connectivity index (χ3n) is 6.37. The first kappa shape index (κ1) is 28.0. The standard InChI is InChI=1S/C27H33N5O4S2/c1-20-8-6-9-23(18-20)32-26(10-7-15-28-21(2)33)29-30-27(32)37-19-25(34)22-11-13-24(14-12-22)38(35,36)31-16-4-3-5-17-31/h6,8-9,11-14,18H,3-5,7,10,15-17,19H2,1-2H3,(H,28,33). The molecule has 0 saturated carbocycles. The highest BCUT2D eigenvalue weighted by atomic mass is 32.2. The first-order chi connectivity index (χ1) is 18.3. The normalized spacial score (nSPS) is 14.4. The number of carbonyl (C=O) groups is 2. The number of hydrogen-bond acceptors (Lipinski definition) is 7. The number of piperidine rings is 1. The van der Waals surface area contributed by atoms with Crippen molar-refractivity contribution in [3.63, 3.8) is 0 Å². The molecule has 9 nitrogen and oxygen atoms in total. The van der Waals surface area contributed by atoms with Crippen molar-refractivity contribution >= 4 is 33.5 Å². The molecule has 1 saturated heterocycles. The molecule has 4 rings (SSSR count). The summed E-state index contributed by atoms with van der Waals surface area (Å²) in [4.78, 5) is 24.4. The molecule has 1 aliphatic rings. The van der Waals surface area contributed by atoms with E-state index in [1.165, 1.54) is 35.1 Å². The summed E-state index contributed by atoms with van der Waals surface area (Å²) in [5, 5.41) is 12.1. The van der Waals surface area contributed by atoms with Crippen LogP contribution in [-0.4, -0.2) is 64.6 Å². The molecule has 1 amide bonds. The minimum absolute atomic E-state index is 0.0722. The summed E-state index contributed by atoms with van der Waals surface area (Å²) >= 11 is 1.29. The van der Waals surface area contributed by atoms with Gasteiger partial charge in [0.15, 0.2) is 10.9 Å². The Bertz CT molecular complexity index is 1380. The fourth-order valence-corrected chi connectivity index (χ4v) is 6.76. The minimum Gasteiger partial charge on any atom is -0.356 e. The molecule has 1 aliphatic heterocycles. The van der Waals surface area contributed by atoms with Crippen molar-refractivity contribution in [2.45, 2.75) is 56.0 Å². The fraction of sp³-hybridized carbons (Fsp3) is 0.407. The van der Waals surface area contributed by atoms with Crippen LogP contribution in [0.5, 0.6) is 0 Å². The summed E-state index contributed by atoms with van der Waals surface area (Å²) in [6.45, 7) is 5.12. The molecule has 1 fully saturated rings. The van der Waals surface area contributed by atoms with Gasteiger partial charge in [-0.25, -0.2) is 8.42 Å². The average Bonchev–Trinajstić information content (AvgIpc) is 3.33. The Morgan fingerprint density at radius 3 is 2.45 bits per heavy atom. The monoisotopic (exact) mass is 555 g/mol. The quantitative estimate of drug-likeness (QED) is 0.217. The smallest absolute Gasteiger partial charge is 0.243 e. The average molecular weight is 556 g/mol. The number of Topliss-reactive ketones (excluding diaryl/α,β-unsaturated/α-hetero) is 1. The molecule has 0 radical (unpaired) electrons. The van der Waals surface area contributed by atoms with Crippen LogP contribution in [0.1, 0.15) is 54.4 Å². The van der Waals surface area contributed by atoms with Crippen LogP contribution in [0, 0.1) is 6.92 Å². The molecule has 0 bridgehead atoms. The highest BCUT2D eigenvalue weighted by Crippen LogP contribution is 2.25. The molecule has 1 N–H and O–H groups in total. The van der Waals surface area contributed by atoms with Crippen LogP contribution in [0.3, 0.4) is 0 Å². The Labute approximate surface area is 228 Å². The van der Waals surface area contributed by atoms with E-state index >= 15 is 0 Å². The molecule has 3 aromatic rings. The highest BCUT2D eigenvalue weighted by Gasteiger charge is 2.26. The Balaban J connectivity index is 1.46. The second-order valence-corrected chi connectivity index (χ2v) is 12.2. The van der Waals surface area contributed by atoms with Gasteiger partial charge in [-0.2, -0.15) is 4.31 Å². The summed E-state index contributed by atoms with van der Waals surface area (Å²) < 4.78 is 29.3. The molecule has 1 aromatic heterocycles. The lowest BCUT2D eigenvalue weighted by Gasteiger charge is -2.25. The number of nitrogens with zero attached hydrogens (tertiary/aromatic N) is 4. The molecule has 0 spiro atoms. The molecular formula is C27H33N5O4S2. The number of thioether (sulfide) groups is 1. The van der Waals surface area contributed by atoms with Crippen LogP contribution in [0.15, 0.2) is 58.6 Å². The van der Waals surface area contributed by atoms with Crippen LogP contribution in [0.4, 0.5) is 0 Å². The number of rotatable bonds is 11. The Morgan fingerprint density at radius 1 is 1.03 bits per heavy atom. The lowest BCUT2D eigenvalue weighted by Crippen LogP contribution is -2.35. The number of sulfonamides is 1. The lowest BCUT2D eigenvalue weighted by molar-refractivity contribution is -0.118. The van der Waals surface area contributed by atoms with Crippen molar-refractivity contribution < 1.29 is 18.0 Å². The van der Waals surface area contributed by atoms with E-state index in [-0.39, 0.29) is 22.3 Å². The van der Waals surface area contributed by atoms with Gasteiger partial charge < -0.3 is 5.32 Å². The lowest BCUT2D eigenvalue weighted by atomic mass is 10.1. The van der Waals surface area contributed by atoms with Crippen molar-refractivity contribution in [1.82, 2.24) is 24.4 Å². The van der Waals surface area contributed by atoms with Crippen LogP contribution in [-0.2, 0) is 21.2 Å². The summed E-state index contributed by atoms with van der Waals surface area (Å²) in [5.74, 6) is 0.691. The second-order valence-electron chi connectivity index (χ2n) is 9.36. The zero-order chi connectivity index (χ0) is 27.1. The van der Waals surface area contributed by atoms with E-state index in [1.54, 1.807) is 12.1 Å². The predicted octanol–water partition coefficient (Wildman–Crippen LogP) is 3.79. The Kier molecular flexibility index (Phi) is 9.35. The van der Waals surface area contributed by atoms with E-state index in [1.807, 2.05) is 35.8 Å². The molecule has 0 atom stereocenters. The number of hydrogen-bond donors (Lipinski definition) is 1. The van der Waals surface area contributed by atoms with Gasteiger partial charge in [0, 0.05) is 44.2 Å². The molecule has 11 heteroatoms. The molecule has 2 aromatic carbocycles. The third-order valence-corrected chi connectivity index (χ3v) is 9.21. The van der Waals surface area contributed by atoms with Crippen molar-refractivity contribution in [3.8, 4) is 5.69 Å². The van der Waals surface area contributed by atoms with Crippen molar-refractivity contribution in [2.75, 3.05) is 25.4 Å². The van der Waals surface area contributed by atoms with Gasteiger partial charge in [-0.3, -0.25) is 14.2 Å². The number of nitrogens with one attached hydrogen (secondary N) is 1. The van der Waals surface area contributed by atoms with E-state index in [2.05, 4.69) is 15.5 Å². The number of aromatic nitrogens is 3. The van der Waals surface area contributed by atoms with Gasteiger partial charge in [-0.05, 0) is 56.0 Å². The van der Waals surface area contributed by atoms with Gasteiger partial charge in [-0.15, -0.1) is 10.2 Å². The van der Waals surface area contributed by atoms with Gasteiger partial charge in [0.2, 0.25) is 15.9 Å². The highest BCUT2D eigenvalue weighted by molar-refractivity contribution is 7.99. The third kappa shape index (κ3) is 6.89. The van der Waals surface area contributed by atoms with Crippen molar-refractivity contribution in [2.24, 2.45) is 0 Å². The first-order valence-corrected chi connectivity index (χ1v) is 15.2. The molecule has 38 heavy (non-hydrogen) atoms. The SMILES string of the molecule is CC(=O)NCCCc1nnc(SCC(=O)c2ccc(S(=O)(=O)N3CCCCC3)cc2)n1-c1cccc(C)c1. The van der Waals surface area contributed by atoms with Gasteiger partial charge in [0.1, 0.15) is 5.82 Å². The molecular weight excluding hydrogens is 522 g/mol. The molecule has 0 aliphatic carbocycles. The zero-order valence-electron chi connectivity index (χ0n) is 21.7. The van der Waals surface area contributed by atoms with Gasteiger partial charge >= 0.3 is 0 Å². The van der Waals surface area contributed by atoms with Crippen LogP contribution < -0.4 is 5.32 Å². The fourth-order valence-electron chi connectivity index (χ4n) is 4.37. The Hall–Kier alpha value is -3.02. The minimum atomic E-state index is -3.54. The van der Waals surface area contributed by atoms with Crippen LogP contribution >= 0.6 is 11.8 Å². The summed E-state index contributed by atoms with van der Waals surface area (Å²) in [5.41, 5.74) is 2.45. The van der Waals surface area contributed by atoms with E-state index in [0.717, 1.165) is 36.3 Å².